The van der Waals surface area contributed by atoms with E-state index in [1.165, 1.54) is 0 Å². The molecule has 5 rings (SSSR count). The molecule has 37 heavy (non-hydrogen) atoms. The number of anilines is 2. The molecule has 0 bridgehead atoms. The van der Waals surface area contributed by atoms with E-state index in [4.69, 9.17) is 14.9 Å². The quantitative estimate of drug-likeness (QED) is 0.570. The molecule has 0 atom stereocenters. The Morgan fingerprint density at radius 3 is 2.41 bits per heavy atom. The number of para-hydroxylation sites is 2. The molecule has 2 saturated heterocycles. The smallest absolute Gasteiger partial charge is 0.410 e. The maximum absolute atomic E-state index is 13.2. The van der Waals surface area contributed by atoms with Gasteiger partial charge in [0.1, 0.15) is 16.9 Å². The summed E-state index contributed by atoms with van der Waals surface area (Å²) < 4.78 is 11.4. The second kappa shape index (κ2) is 9.91. The number of carbonyl (C=O) groups is 2. The van der Waals surface area contributed by atoms with Gasteiger partial charge in [-0.15, -0.1) is 0 Å². The van der Waals surface area contributed by atoms with E-state index in [9.17, 15) is 9.59 Å². The number of benzene rings is 1. The summed E-state index contributed by atoms with van der Waals surface area (Å²) >= 11 is 0. The molecule has 2 N–H and O–H groups in total. The van der Waals surface area contributed by atoms with Crippen molar-refractivity contribution in [3.63, 3.8) is 0 Å². The minimum Gasteiger partial charge on any atom is -0.444 e. The van der Waals surface area contributed by atoms with Crippen LogP contribution in [0.1, 0.15) is 33.6 Å². The third kappa shape index (κ3) is 5.47. The van der Waals surface area contributed by atoms with Gasteiger partial charge < -0.3 is 29.6 Å². The number of ether oxygens (including phenoxy) is 1. The zero-order valence-electron chi connectivity index (χ0n) is 21.6. The lowest BCUT2D eigenvalue weighted by atomic mass is 9.95. The van der Waals surface area contributed by atoms with Gasteiger partial charge in [0.2, 0.25) is 11.8 Å². The van der Waals surface area contributed by atoms with E-state index in [-0.39, 0.29) is 17.9 Å². The monoisotopic (exact) mass is 506 g/mol. The third-order valence-electron chi connectivity index (χ3n) is 6.88. The van der Waals surface area contributed by atoms with Crippen LogP contribution in [0.4, 0.5) is 16.3 Å². The Morgan fingerprint density at radius 2 is 1.73 bits per heavy atom. The van der Waals surface area contributed by atoms with E-state index in [0.29, 0.717) is 75.0 Å². The highest BCUT2D eigenvalue weighted by Crippen LogP contribution is 2.31. The van der Waals surface area contributed by atoms with Gasteiger partial charge in [-0.3, -0.25) is 4.79 Å². The van der Waals surface area contributed by atoms with Gasteiger partial charge in [0.15, 0.2) is 5.58 Å². The first kappa shape index (κ1) is 24.9. The summed E-state index contributed by atoms with van der Waals surface area (Å²) in [4.78, 5) is 40.3. The number of hydrogen-bond donors (Lipinski definition) is 1. The second-order valence-corrected chi connectivity index (χ2v) is 10.7. The number of likely N-dealkylation sites (tertiary alicyclic amines) is 1. The van der Waals surface area contributed by atoms with E-state index >= 15 is 0 Å². The minimum atomic E-state index is -0.521. The number of carbonyl (C=O) groups excluding carboxylic acids is 2. The Kier molecular flexibility index (Phi) is 6.66. The number of aromatic nitrogens is 2. The van der Waals surface area contributed by atoms with E-state index in [1.54, 1.807) is 11.1 Å². The van der Waals surface area contributed by atoms with Crippen molar-refractivity contribution >= 4 is 34.6 Å². The molecule has 1 aromatic carbocycles. The van der Waals surface area contributed by atoms with Crippen LogP contribution in [-0.4, -0.2) is 76.6 Å². The Balaban J connectivity index is 1.18. The van der Waals surface area contributed by atoms with E-state index in [0.717, 1.165) is 11.2 Å². The fourth-order valence-corrected chi connectivity index (χ4v) is 4.87. The molecule has 10 heteroatoms. The number of fused-ring (bicyclic) bond motifs is 1. The van der Waals surface area contributed by atoms with Gasteiger partial charge in [-0.25, -0.2) is 14.8 Å². The summed E-state index contributed by atoms with van der Waals surface area (Å²) in [5.41, 5.74) is 8.69. The van der Waals surface area contributed by atoms with Crippen LogP contribution in [0.3, 0.4) is 0 Å². The molecular weight excluding hydrogens is 472 g/mol. The van der Waals surface area contributed by atoms with Crippen molar-refractivity contribution in [2.24, 2.45) is 5.92 Å². The number of piperidine rings is 1. The third-order valence-corrected chi connectivity index (χ3v) is 6.88. The largest absolute Gasteiger partial charge is 0.444 e. The molecule has 0 aliphatic carbocycles. The van der Waals surface area contributed by atoms with Crippen molar-refractivity contribution in [1.82, 2.24) is 19.8 Å². The molecule has 10 nitrogen and oxygen atoms in total. The zero-order chi connectivity index (χ0) is 26.2. The van der Waals surface area contributed by atoms with Crippen LogP contribution < -0.4 is 10.6 Å². The molecule has 2 aromatic heterocycles. The molecule has 2 fully saturated rings. The van der Waals surface area contributed by atoms with Crippen molar-refractivity contribution in [3.8, 4) is 11.5 Å². The number of oxazole rings is 1. The van der Waals surface area contributed by atoms with Crippen LogP contribution in [0.5, 0.6) is 0 Å². The summed E-state index contributed by atoms with van der Waals surface area (Å²) in [5.74, 6) is 0.918. The molecule has 4 heterocycles. The minimum absolute atomic E-state index is 0.0609. The number of nitrogens with two attached hydrogens (primary N) is 1. The fraction of sp³-hybridized carbons (Fsp3) is 0.481. The van der Waals surface area contributed by atoms with Crippen molar-refractivity contribution in [3.05, 3.63) is 36.5 Å². The molecule has 3 aromatic rings. The predicted octanol–water partition coefficient (Wildman–Crippen LogP) is 3.77. The molecule has 2 aliphatic heterocycles. The van der Waals surface area contributed by atoms with Crippen LogP contribution in [0.25, 0.3) is 22.6 Å². The van der Waals surface area contributed by atoms with Crippen LogP contribution in [0.2, 0.25) is 0 Å². The summed E-state index contributed by atoms with van der Waals surface area (Å²) in [6.45, 7) is 9.32. The Morgan fingerprint density at radius 1 is 1.03 bits per heavy atom. The van der Waals surface area contributed by atoms with Gasteiger partial charge in [-0.1, -0.05) is 12.1 Å². The number of nitrogen functional groups attached to an aromatic ring is 1. The zero-order valence-corrected chi connectivity index (χ0v) is 21.6. The van der Waals surface area contributed by atoms with Gasteiger partial charge in [-0.2, -0.15) is 0 Å². The first-order valence-corrected chi connectivity index (χ1v) is 12.8. The lowest BCUT2D eigenvalue weighted by Crippen LogP contribution is -2.52. The topological polar surface area (TPSA) is 118 Å². The number of rotatable bonds is 3. The summed E-state index contributed by atoms with van der Waals surface area (Å²) in [7, 11) is 0. The molecule has 2 aliphatic rings. The molecule has 0 spiro atoms. The molecule has 0 radical (unpaired) electrons. The Hall–Kier alpha value is -3.82. The maximum atomic E-state index is 13.2. The van der Waals surface area contributed by atoms with E-state index < -0.39 is 5.60 Å². The van der Waals surface area contributed by atoms with E-state index in [2.05, 4.69) is 14.9 Å². The summed E-state index contributed by atoms with van der Waals surface area (Å²) in [6, 6.07) is 9.54. The highest BCUT2D eigenvalue weighted by Gasteiger charge is 2.33. The highest BCUT2D eigenvalue weighted by atomic mass is 16.6. The molecule has 2 amide bonds. The van der Waals surface area contributed by atoms with Crippen molar-refractivity contribution in [2.45, 2.75) is 39.2 Å². The number of nitrogens with zero attached hydrogens (tertiary/aromatic N) is 5. The molecular formula is C27H34N6O4. The SMILES string of the molecule is CC(C)(C)OC(=O)N1CCC(C(=O)N2CCN(c3cnc(N)c(-c4nc5ccccc5o4)c3)CC2)CC1. The van der Waals surface area contributed by atoms with Gasteiger partial charge in [0.05, 0.1) is 17.4 Å². The predicted molar refractivity (Wildman–Crippen MR) is 141 cm³/mol. The standard InChI is InChI=1S/C27H34N6O4/c1-27(2,3)37-26(35)33-10-8-18(9-11-33)25(34)32-14-12-31(13-15-32)19-16-20(23(28)29-17-19)24-30-21-6-4-5-7-22(21)36-24/h4-7,16-18H,8-15H2,1-3H3,(H2,28,29). The second-order valence-electron chi connectivity index (χ2n) is 10.7. The maximum Gasteiger partial charge on any atom is 0.410 e. The van der Waals surface area contributed by atoms with Crippen LogP contribution in [0, 0.1) is 5.92 Å². The Bertz CT molecular complexity index is 1250. The van der Waals surface area contributed by atoms with Crippen molar-refractivity contribution < 1.29 is 18.7 Å². The van der Waals surface area contributed by atoms with Gasteiger partial charge >= 0.3 is 6.09 Å². The fourth-order valence-electron chi connectivity index (χ4n) is 4.87. The number of amides is 2. The average molecular weight is 507 g/mol. The average Bonchev–Trinajstić information content (AvgIpc) is 3.32. The molecule has 0 unspecified atom stereocenters. The number of pyridine rings is 1. The first-order valence-electron chi connectivity index (χ1n) is 12.8. The van der Waals surface area contributed by atoms with Gasteiger partial charge in [0, 0.05) is 45.2 Å². The lowest BCUT2D eigenvalue weighted by Gasteiger charge is -2.39. The first-order chi connectivity index (χ1) is 17.7. The number of hydrogen-bond acceptors (Lipinski definition) is 8. The van der Waals surface area contributed by atoms with Crippen LogP contribution in [0.15, 0.2) is 40.9 Å². The van der Waals surface area contributed by atoms with Crippen LogP contribution in [-0.2, 0) is 9.53 Å². The van der Waals surface area contributed by atoms with Gasteiger partial charge in [0.25, 0.3) is 0 Å². The van der Waals surface area contributed by atoms with Crippen molar-refractivity contribution in [2.75, 3.05) is 49.9 Å². The van der Waals surface area contributed by atoms with Crippen molar-refractivity contribution in [1.29, 1.82) is 0 Å². The summed E-state index contributed by atoms with van der Waals surface area (Å²) in [5, 5.41) is 0. The number of piperazine rings is 1. The van der Waals surface area contributed by atoms with Gasteiger partial charge in [-0.05, 0) is 51.8 Å². The van der Waals surface area contributed by atoms with Crippen LogP contribution >= 0.6 is 0 Å². The molecule has 0 saturated carbocycles. The lowest BCUT2D eigenvalue weighted by molar-refractivity contribution is -0.137. The highest BCUT2D eigenvalue weighted by molar-refractivity contribution is 5.81. The Labute approximate surface area is 216 Å². The normalized spacial score (nSPS) is 17.3. The summed E-state index contributed by atoms with van der Waals surface area (Å²) in [6.07, 6.45) is 2.77. The van der Waals surface area contributed by atoms with E-state index in [1.807, 2.05) is 56.0 Å². The molecule has 196 valence electrons.